The summed E-state index contributed by atoms with van der Waals surface area (Å²) in [5.74, 6) is -2.16. The molecule has 2 aliphatic rings. The third kappa shape index (κ3) is 4.27. The Kier molecular flexibility index (Phi) is 5.70. The standard InChI is InChI=1S/C25H24ClF2N3O2/c26-19-8-14(10-21(28)25(19)33)13-7-17-22(31-16-5-3-15(29)4-6-16)18(24(32)12-1-2-12)11-30-23(17)20(27)9-13/h7-12,15-16,33H,1-6,29H2,(H,30,31). The molecule has 1 heterocycles. The van der Waals surface area contributed by atoms with Gasteiger partial charge in [0.05, 0.1) is 16.3 Å². The first-order valence-electron chi connectivity index (χ1n) is 11.2. The summed E-state index contributed by atoms with van der Waals surface area (Å²) in [7, 11) is 0. The Bertz CT molecular complexity index is 1230. The molecule has 0 saturated heterocycles. The number of ketones is 1. The predicted octanol–water partition coefficient (Wildman–Crippen LogP) is 5.81. The normalized spacial score (nSPS) is 20.7. The molecule has 8 heteroatoms. The van der Waals surface area contributed by atoms with E-state index in [9.17, 15) is 14.3 Å². The van der Waals surface area contributed by atoms with Gasteiger partial charge >= 0.3 is 0 Å². The van der Waals surface area contributed by atoms with Gasteiger partial charge in [-0.2, -0.15) is 0 Å². The molecule has 0 aliphatic heterocycles. The van der Waals surface area contributed by atoms with Crippen molar-refractivity contribution in [3.63, 3.8) is 0 Å². The molecule has 0 amide bonds. The van der Waals surface area contributed by atoms with E-state index in [-0.39, 0.29) is 34.3 Å². The van der Waals surface area contributed by atoms with Gasteiger partial charge in [0.15, 0.2) is 17.3 Å². The smallest absolute Gasteiger partial charge is 0.170 e. The second-order valence-corrected chi connectivity index (χ2v) is 9.49. The topological polar surface area (TPSA) is 88.2 Å². The van der Waals surface area contributed by atoms with Crippen molar-refractivity contribution in [2.45, 2.75) is 50.6 Å². The highest BCUT2D eigenvalue weighted by Crippen LogP contribution is 2.40. The number of benzene rings is 2. The Morgan fingerprint density at radius 2 is 1.70 bits per heavy atom. The van der Waals surface area contributed by atoms with Crippen LogP contribution in [0.5, 0.6) is 5.75 Å². The number of aromatic hydroxyl groups is 1. The lowest BCUT2D eigenvalue weighted by atomic mass is 9.91. The van der Waals surface area contributed by atoms with Gasteiger partial charge in [0.2, 0.25) is 0 Å². The van der Waals surface area contributed by atoms with Crippen molar-refractivity contribution in [3.05, 3.63) is 52.7 Å². The Hall–Kier alpha value is -2.77. The molecular weight excluding hydrogens is 448 g/mol. The molecule has 0 atom stereocenters. The first-order valence-corrected chi connectivity index (χ1v) is 11.6. The van der Waals surface area contributed by atoms with Crippen molar-refractivity contribution in [1.82, 2.24) is 4.98 Å². The number of pyridine rings is 1. The van der Waals surface area contributed by atoms with Gasteiger partial charge in [-0.3, -0.25) is 9.78 Å². The number of phenols is 1. The number of nitrogens with one attached hydrogen (secondary N) is 1. The van der Waals surface area contributed by atoms with E-state index in [4.69, 9.17) is 17.3 Å². The summed E-state index contributed by atoms with van der Waals surface area (Å²) >= 11 is 5.94. The molecule has 1 aromatic heterocycles. The van der Waals surface area contributed by atoms with Gasteiger partial charge in [0.25, 0.3) is 0 Å². The third-order valence-electron chi connectivity index (χ3n) is 6.61. The number of halogens is 3. The van der Waals surface area contributed by atoms with Crippen LogP contribution < -0.4 is 11.1 Å². The van der Waals surface area contributed by atoms with E-state index < -0.39 is 17.4 Å². The monoisotopic (exact) mass is 471 g/mol. The number of fused-ring (bicyclic) bond motifs is 1. The highest BCUT2D eigenvalue weighted by molar-refractivity contribution is 6.32. The number of hydrogen-bond acceptors (Lipinski definition) is 5. The van der Waals surface area contributed by atoms with Crippen LogP contribution >= 0.6 is 11.6 Å². The number of carbonyl (C=O) groups is 1. The summed E-state index contributed by atoms with van der Waals surface area (Å²) < 4.78 is 29.3. The molecule has 172 valence electrons. The first kappa shape index (κ1) is 22.0. The van der Waals surface area contributed by atoms with Crippen LogP contribution in [0.25, 0.3) is 22.0 Å². The second-order valence-electron chi connectivity index (χ2n) is 9.08. The van der Waals surface area contributed by atoms with Crippen LogP contribution in [0.15, 0.2) is 30.5 Å². The Labute approximate surface area is 195 Å². The molecule has 33 heavy (non-hydrogen) atoms. The maximum atomic E-state index is 15.2. The number of Topliss-reactive ketones (excluding diaryl/α,β-unsaturated/α-hetero) is 1. The van der Waals surface area contributed by atoms with Crippen molar-refractivity contribution in [3.8, 4) is 16.9 Å². The number of nitrogens with two attached hydrogens (primary N) is 1. The fourth-order valence-corrected chi connectivity index (χ4v) is 4.74. The lowest BCUT2D eigenvalue weighted by Gasteiger charge is -2.29. The number of rotatable bonds is 5. The SMILES string of the molecule is NC1CCC(Nc2c(C(=O)C3CC3)cnc3c(F)cc(-c4cc(F)c(O)c(Cl)c4)cc23)CC1. The van der Waals surface area contributed by atoms with Crippen LogP contribution in [0, 0.1) is 17.6 Å². The fourth-order valence-electron chi connectivity index (χ4n) is 4.53. The second kappa shape index (κ2) is 8.54. The minimum atomic E-state index is -0.898. The van der Waals surface area contributed by atoms with Crippen molar-refractivity contribution in [2.75, 3.05) is 5.32 Å². The van der Waals surface area contributed by atoms with Gasteiger partial charge in [0, 0.05) is 29.6 Å². The highest BCUT2D eigenvalue weighted by Gasteiger charge is 2.33. The van der Waals surface area contributed by atoms with Gasteiger partial charge in [-0.1, -0.05) is 11.6 Å². The van der Waals surface area contributed by atoms with E-state index in [0.29, 0.717) is 27.8 Å². The Balaban J connectivity index is 1.66. The van der Waals surface area contributed by atoms with Crippen molar-refractivity contribution in [1.29, 1.82) is 0 Å². The van der Waals surface area contributed by atoms with E-state index >= 15 is 4.39 Å². The molecule has 5 nitrogen and oxygen atoms in total. The number of phenolic OH excluding ortho intramolecular Hbond substituents is 1. The molecule has 2 aliphatic carbocycles. The summed E-state index contributed by atoms with van der Waals surface area (Å²) in [5, 5.41) is 13.4. The van der Waals surface area contributed by atoms with E-state index in [0.717, 1.165) is 44.6 Å². The summed E-state index contributed by atoms with van der Waals surface area (Å²) in [5.41, 5.74) is 7.86. The molecule has 2 saturated carbocycles. The van der Waals surface area contributed by atoms with Gasteiger partial charge in [-0.05, 0) is 73.9 Å². The maximum absolute atomic E-state index is 15.2. The number of anilines is 1. The quantitative estimate of drug-likeness (QED) is 0.408. The largest absolute Gasteiger partial charge is 0.504 e. The van der Waals surface area contributed by atoms with E-state index in [1.54, 1.807) is 6.07 Å². The van der Waals surface area contributed by atoms with Gasteiger partial charge in [-0.25, -0.2) is 8.78 Å². The summed E-state index contributed by atoms with van der Waals surface area (Å²) in [6.07, 6.45) is 6.59. The first-order chi connectivity index (χ1) is 15.8. The van der Waals surface area contributed by atoms with Gasteiger partial charge < -0.3 is 16.2 Å². The third-order valence-corrected chi connectivity index (χ3v) is 6.90. The number of aromatic nitrogens is 1. The molecular formula is C25H24ClF2N3O2. The lowest BCUT2D eigenvalue weighted by molar-refractivity contribution is 0.0968. The molecule has 0 unspecified atom stereocenters. The Morgan fingerprint density at radius 3 is 2.36 bits per heavy atom. The summed E-state index contributed by atoms with van der Waals surface area (Å²) in [6.45, 7) is 0. The van der Waals surface area contributed by atoms with Crippen LogP contribution in [0.2, 0.25) is 5.02 Å². The zero-order valence-corrected chi connectivity index (χ0v) is 18.6. The summed E-state index contributed by atoms with van der Waals surface area (Å²) in [4.78, 5) is 17.3. The van der Waals surface area contributed by atoms with Crippen molar-refractivity contribution in [2.24, 2.45) is 11.7 Å². The average Bonchev–Trinajstić information content (AvgIpc) is 3.64. The van der Waals surface area contributed by atoms with Crippen LogP contribution in [0.4, 0.5) is 14.5 Å². The highest BCUT2D eigenvalue weighted by atomic mass is 35.5. The lowest BCUT2D eigenvalue weighted by Crippen LogP contribution is -2.33. The minimum absolute atomic E-state index is 0.00365. The fraction of sp³-hybridized carbons (Fsp3) is 0.360. The van der Waals surface area contributed by atoms with Crippen LogP contribution in [-0.2, 0) is 0 Å². The van der Waals surface area contributed by atoms with Crippen LogP contribution in [0.1, 0.15) is 48.9 Å². The zero-order chi connectivity index (χ0) is 23.3. The molecule has 0 spiro atoms. The van der Waals surface area contributed by atoms with Crippen molar-refractivity contribution < 1.29 is 18.7 Å². The van der Waals surface area contributed by atoms with E-state index in [1.165, 1.54) is 18.3 Å². The zero-order valence-electron chi connectivity index (χ0n) is 17.9. The predicted molar refractivity (Wildman–Crippen MR) is 125 cm³/mol. The number of hydrogen-bond donors (Lipinski definition) is 3. The maximum Gasteiger partial charge on any atom is 0.170 e. The van der Waals surface area contributed by atoms with E-state index in [1.807, 2.05) is 0 Å². The van der Waals surface area contributed by atoms with Gasteiger partial charge in [0.1, 0.15) is 11.3 Å². The molecule has 4 N–H and O–H groups in total. The van der Waals surface area contributed by atoms with Crippen molar-refractivity contribution >= 4 is 34.0 Å². The van der Waals surface area contributed by atoms with Crippen LogP contribution in [0.3, 0.4) is 0 Å². The number of carbonyl (C=O) groups excluding carboxylic acids is 1. The number of nitrogens with zero attached hydrogens (tertiary/aromatic N) is 1. The average molecular weight is 472 g/mol. The minimum Gasteiger partial charge on any atom is -0.504 e. The van der Waals surface area contributed by atoms with E-state index in [2.05, 4.69) is 10.3 Å². The van der Waals surface area contributed by atoms with Gasteiger partial charge in [-0.15, -0.1) is 0 Å². The summed E-state index contributed by atoms with van der Waals surface area (Å²) in [6, 6.07) is 5.70. The Morgan fingerprint density at radius 1 is 1.03 bits per heavy atom. The molecule has 0 bridgehead atoms. The molecule has 2 fully saturated rings. The van der Waals surface area contributed by atoms with Crippen LogP contribution in [-0.4, -0.2) is 28.0 Å². The molecule has 2 aromatic carbocycles. The molecule has 3 aromatic rings. The molecule has 5 rings (SSSR count). The molecule has 0 radical (unpaired) electrons.